The number of hydrogen-bond acceptors (Lipinski definition) is 8. The van der Waals surface area contributed by atoms with Crippen molar-refractivity contribution in [3.8, 4) is 6.07 Å². The minimum Gasteiger partial charge on any atom is -0.394 e. The molecule has 2 saturated carbocycles. The minimum atomic E-state index is -1.18. The summed E-state index contributed by atoms with van der Waals surface area (Å²) in [6.45, 7) is 1.59. The molecular weight excluding hydrogens is 448 g/mol. The second-order valence-corrected chi connectivity index (χ2v) is 11.3. The molecule has 166 valence electrons. The topological polar surface area (TPSA) is 115 Å². The van der Waals surface area contributed by atoms with Crippen LogP contribution < -0.4 is 10.2 Å². The van der Waals surface area contributed by atoms with Crippen molar-refractivity contribution in [1.82, 2.24) is 15.0 Å². The van der Waals surface area contributed by atoms with Crippen LogP contribution in [0.3, 0.4) is 0 Å². The van der Waals surface area contributed by atoms with E-state index in [1.54, 1.807) is 12.4 Å². The van der Waals surface area contributed by atoms with Gasteiger partial charge in [-0.15, -0.1) is 0 Å². The number of halogens is 1. The van der Waals surface area contributed by atoms with Crippen LogP contribution in [0.15, 0.2) is 17.3 Å². The molecule has 10 heteroatoms. The average molecular weight is 471 g/mol. The lowest BCUT2D eigenvalue weighted by molar-refractivity contribution is 0.143. The summed E-state index contributed by atoms with van der Waals surface area (Å²) in [6.07, 6.45) is 6.66. The number of piperidine rings is 1. The number of aliphatic hydroxyl groups is 1. The minimum absolute atomic E-state index is 0.0159. The molecule has 2 aliphatic carbocycles. The van der Waals surface area contributed by atoms with Crippen LogP contribution in [-0.2, 0) is 17.2 Å². The monoisotopic (exact) mass is 470 g/mol. The lowest BCUT2D eigenvalue weighted by Gasteiger charge is -2.42. The molecule has 0 amide bonds. The number of aromatic nitrogens is 3. The van der Waals surface area contributed by atoms with E-state index in [4.69, 9.17) is 16.6 Å². The number of rotatable bonds is 5. The fourth-order valence-electron chi connectivity index (χ4n) is 5.57. The molecule has 6 rings (SSSR count). The van der Waals surface area contributed by atoms with E-state index in [2.05, 4.69) is 26.3 Å². The number of nitrogens with zero attached hydrogens (tertiary/aromatic N) is 5. The Hall–Kier alpha value is -2.28. The largest absolute Gasteiger partial charge is 0.394 e. The van der Waals surface area contributed by atoms with Gasteiger partial charge in [0.05, 0.1) is 38.4 Å². The molecule has 0 radical (unpaired) electrons. The molecule has 0 spiro atoms. The van der Waals surface area contributed by atoms with E-state index in [0.29, 0.717) is 57.0 Å². The molecule has 4 aliphatic rings. The molecule has 8 nitrogen and oxygen atoms in total. The predicted molar refractivity (Wildman–Crippen MR) is 120 cm³/mol. The van der Waals surface area contributed by atoms with Gasteiger partial charge in [0.1, 0.15) is 23.5 Å². The zero-order valence-electron chi connectivity index (χ0n) is 17.4. The van der Waals surface area contributed by atoms with Crippen molar-refractivity contribution >= 4 is 34.0 Å². The molecule has 2 aromatic heterocycles. The van der Waals surface area contributed by atoms with Gasteiger partial charge in [-0.05, 0) is 43.1 Å². The highest BCUT2D eigenvalue weighted by Crippen LogP contribution is 2.58. The highest BCUT2D eigenvalue weighted by atomic mass is 35.5. The van der Waals surface area contributed by atoms with E-state index in [9.17, 15) is 14.6 Å². The lowest BCUT2D eigenvalue weighted by Crippen LogP contribution is -2.48. The Bertz CT molecular complexity index is 1140. The lowest BCUT2D eigenvalue weighted by atomic mass is 9.77. The number of aliphatic hydroxyl groups excluding tert-OH is 1. The van der Waals surface area contributed by atoms with Gasteiger partial charge in [-0.3, -0.25) is 4.21 Å². The van der Waals surface area contributed by atoms with Crippen molar-refractivity contribution in [3.63, 3.8) is 0 Å². The van der Waals surface area contributed by atoms with Crippen molar-refractivity contribution in [2.75, 3.05) is 35.7 Å². The molecule has 4 heterocycles. The van der Waals surface area contributed by atoms with Crippen LogP contribution >= 0.6 is 11.6 Å². The molecule has 0 bridgehead atoms. The standard InChI is InChI=1S/C22H23ClN6O2S/c23-12-7-25-19(26-8-12)17-15-9-29(10-16(15)17)21-14(6-24)13-2-5-32(31)18(13)20(27-21)28-22(11-30)3-1-4-22/h7-8,15-17,30H,1-5,9-11H2,(H,27,28). The maximum absolute atomic E-state index is 12.8. The normalized spacial score (nSPS) is 29.1. The third-order valence-electron chi connectivity index (χ3n) is 7.54. The maximum atomic E-state index is 12.8. The third kappa shape index (κ3) is 3.04. The third-order valence-corrected chi connectivity index (χ3v) is 9.20. The van der Waals surface area contributed by atoms with E-state index in [1.165, 1.54) is 0 Å². The van der Waals surface area contributed by atoms with Crippen LogP contribution in [-0.4, -0.2) is 55.3 Å². The van der Waals surface area contributed by atoms with Crippen LogP contribution in [0.2, 0.25) is 5.02 Å². The van der Waals surface area contributed by atoms with Gasteiger partial charge in [0, 0.05) is 37.2 Å². The molecule has 2 N–H and O–H groups in total. The highest BCUT2D eigenvalue weighted by Gasteiger charge is 2.58. The number of hydrogen-bond donors (Lipinski definition) is 2. The number of anilines is 2. The number of pyridine rings is 1. The average Bonchev–Trinajstić information content (AvgIpc) is 3.08. The van der Waals surface area contributed by atoms with Crippen molar-refractivity contribution in [2.45, 2.75) is 42.0 Å². The molecule has 0 aromatic carbocycles. The first-order valence-electron chi connectivity index (χ1n) is 11.0. The molecule has 3 fully saturated rings. The summed E-state index contributed by atoms with van der Waals surface area (Å²) in [7, 11) is -1.18. The zero-order chi connectivity index (χ0) is 22.0. The summed E-state index contributed by atoms with van der Waals surface area (Å²) in [4.78, 5) is 16.5. The van der Waals surface area contributed by atoms with Crippen LogP contribution in [0.5, 0.6) is 0 Å². The Morgan fingerprint density at radius 3 is 2.62 bits per heavy atom. The quantitative estimate of drug-likeness (QED) is 0.683. The Morgan fingerprint density at radius 2 is 2.03 bits per heavy atom. The fourth-order valence-corrected chi connectivity index (χ4v) is 7.05. The van der Waals surface area contributed by atoms with Gasteiger partial charge in [-0.25, -0.2) is 15.0 Å². The second-order valence-electron chi connectivity index (χ2n) is 9.31. The molecule has 32 heavy (non-hydrogen) atoms. The molecule has 2 aromatic rings. The van der Waals surface area contributed by atoms with E-state index in [-0.39, 0.29) is 6.61 Å². The first-order valence-corrected chi connectivity index (χ1v) is 12.7. The molecule has 1 saturated heterocycles. The van der Waals surface area contributed by atoms with E-state index >= 15 is 0 Å². The molecular formula is C22H23ClN6O2S. The molecule has 2 aliphatic heterocycles. The Kier molecular flexibility index (Phi) is 4.68. The fraction of sp³-hybridized carbons (Fsp3) is 0.545. The van der Waals surface area contributed by atoms with Gasteiger partial charge in [0.25, 0.3) is 0 Å². The first-order chi connectivity index (χ1) is 15.5. The van der Waals surface area contributed by atoms with Gasteiger partial charge < -0.3 is 15.3 Å². The van der Waals surface area contributed by atoms with Crippen molar-refractivity contribution < 1.29 is 9.32 Å². The van der Waals surface area contributed by atoms with Crippen LogP contribution in [0.4, 0.5) is 11.6 Å². The molecule has 3 unspecified atom stereocenters. The first kappa shape index (κ1) is 20.3. The van der Waals surface area contributed by atoms with Crippen LogP contribution in [0.1, 0.15) is 42.1 Å². The Labute approximate surface area is 193 Å². The summed E-state index contributed by atoms with van der Waals surface area (Å²) in [5, 5.41) is 23.9. The molecule has 3 atom stereocenters. The van der Waals surface area contributed by atoms with Crippen molar-refractivity contribution in [2.24, 2.45) is 11.8 Å². The van der Waals surface area contributed by atoms with Gasteiger partial charge in [0.2, 0.25) is 0 Å². The number of fused-ring (bicyclic) bond motifs is 2. The van der Waals surface area contributed by atoms with Gasteiger partial charge >= 0.3 is 0 Å². The van der Waals surface area contributed by atoms with Crippen molar-refractivity contribution in [3.05, 3.63) is 34.4 Å². The van der Waals surface area contributed by atoms with E-state index < -0.39 is 16.3 Å². The van der Waals surface area contributed by atoms with Gasteiger partial charge in [-0.1, -0.05) is 11.6 Å². The summed E-state index contributed by atoms with van der Waals surface area (Å²) < 4.78 is 12.8. The Balaban J connectivity index is 1.32. The van der Waals surface area contributed by atoms with Crippen molar-refractivity contribution in [1.29, 1.82) is 5.26 Å². The van der Waals surface area contributed by atoms with E-state index in [0.717, 1.165) is 43.7 Å². The van der Waals surface area contributed by atoms with Crippen LogP contribution in [0, 0.1) is 23.2 Å². The summed E-state index contributed by atoms with van der Waals surface area (Å²) in [6, 6.07) is 2.35. The predicted octanol–water partition coefficient (Wildman–Crippen LogP) is 2.24. The SMILES string of the molecule is N#Cc1c(N2CC3C(C2)C3c2ncc(Cl)cn2)nc(NC2(CO)CCC2)c2c1CCS2=O. The van der Waals surface area contributed by atoms with Crippen LogP contribution in [0.25, 0.3) is 0 Å². The maximum Gasteiger partial charge on any atom is 0.149 e. The summed E-state index contributed by atoms with van der Waals surface area (Å²) in [5.41, 5.74) is 0.996. The summed E-state index contributed by atoms with van der Waals surface area (Å²) >= 11 is 5.92. The van der Waals surface area contributed by atoms with Gasteiger partial charge in [-0.2, -0.15) is 5.26 Å². The zero-order valence-corrected chi connectivity index (χ0v) is 19.0. The highest BCUT2D eigenvalue weighted by molar-refractivity contribution is 7.85. The van der Waals surface area contributed by atoms with E-state index in [1.807, 2.05) is 0 Å². The number of nitrogens with one attached hydrogen (secondary N) is 1. The van der Waals surface area contributed by atoms with Gasteiger partial charge in [0.15, 0.2) is 0 Å². The second kappa shape index (κ2) is 7.37. The number of nitriles is 1. The Morgan fingerprint density at radius 1 is 1.31 bits per heavy atom. The summed E-state index contributed by atoms with van der Waals surface area (Å²) in [5.74, 6) is 3.77. The smallest absolute Gasteiger partial charge is 0.149 e.